The Hall–Kier alpha value is -1.26. The van der Waals surface area contributed by atoms with Gasteiger partial charge in [0.25, 0.3) is 0 Å². The molecule has 0 bridgehead atoms. The highest BCUT2D eigenvalue weighted by Gasteiger charge is 2.30. The number of piperazine rings is 1. The average Bonchev–Trinajstić information content (AvgIpc) is 2.92. The molecule has 0 aromatic heterocycles. The van der Waals surface area contributed by atoms with Gasteiger partial charge >= 0.3 is 0 Å². The summed E-state index contributed by atoms with van der Waals surface area (Å²) in [6.45, 7) is 7.95. The van der Waals surface area contributed by atoms with Crippen LogP contribution in [-0.2, 0) is 17.8 Å². The Kier molecular flexibility index (Phi) is 5.70. The van der Waals surface area contributed by atoms with E-state index in [0.29, 0.717) is 5.92 Å². The summed E-state index contributed by atoms with van der Waals surface area (Å²) >= 11 is 0. The largest absolute Gasteiger partial charge is 0.384 e. The second-order valence-electron chi connectivity index (χ2n) is 6.53. The Bertz CT molecular complexity index is 533. The zero-order valence-electron chi connectivity index (χ0n) is 13.4. The van der Waals surface area contributed by atoms with Crippen molar-refractivity contribution in [3.8, 4) is 0 Å². The third-order valence-electron chi connectivity index (χ3n) is 4.44. The number of carbonyl (C=O) groups excluding carboxylic acids is 1. The molecule has 3 rings (SSSR count). The molecule has 0 aliphatic carbocycles. The number of nitrogens with one attached hydrogen (secondary N) is 2. The van der Waals surface area contributed by atoms with Gasteiger partial charge in [0.2, 0.25) is 5.91 Å². The minimum absolute atomic E-state index is 0. The summed E-state index contributed by atoms with van der Waals surface area (Å²) < 4.78 is 0. The van der Waals surface area contributed by atoms with E-state index < -0.39 is 0 Å². The number of halogens is 1. The van der Waals surface area contributed by atoms with Gasteiger partial charge in [-0.25, -0.2) is 0 Å². The van der Waals surface area contributed by atoms with E-state index in [4.69, 9.17) is 0 Å². The van der Waals surface area contributed by atoms with Gasteiger partial charge in [-0.15, -0.1) is 12.4 Å². The fourth-order valence-corrected chi connectivity index (χ4v) is 3.42. The quantitative estimate of drug-likeness (QED) is 0.894. The maximum atomic E-state index is 12.2. The summed E-state index contributed by atoms with van der Waals surface area (Å²) in [5.74, 6) is 0.719. The van der Waals surface area contributed by atoms with Crippen molar-refractivity contribution in [2.24, 2.45) is 5.92 Å². The minimum atomic E-state index is 0. The summed E-state index contributed by atoms with van der Waals surface area (Å²) in [4.78, 5) is 14.5. The fourth-order valence-electron chi connectivity index (χ4n) is 3.42. The highest BCUT2D eigenvalue weighted by Crippen LogP contribution is 2.28. The monoisotopic (exact) mass is 323 g/mol. The lowest BCUT2D eigenvalue weighted by Gasteiger charge is -2.36. The molecule has 1 atom stereocenters. The molecule has 1 unspecified atom stereocenters. The molecule has 2 N–H and O–H groups in total. The predicted octanol–water partition coefficient (Wildman–Crippen LogP) is 2.42. The molecule has 5 heteroatoms. The molecule has 0 spiro atoms. The van der Waals surface area contributed by atoms with Crippen LogP contribution in [0.4, 0.5) is 5.69 Å². The van der Waals surface area contributed by atoms with Gasteiger partial charge in [-0.1, -0.05) is 32.0 Å². The molecular weight excluding hydrogens is 298 g/mol. The Morgan fingerprint density at radius 3 is 2.86 bits per heavy atom. The number of anilines is 1. The topological polar surface area (TPSA) is 44.4 Å². The normalized spacial score (nSPS) is 21.0. The maximum Gasteiger partial charge on any atom is 0.237 e. The summed E-state index contributed by atoms with van der Waals surface area (Å²) in [5, 5.41) is 6.51. The molecule has 122 valence electrons. The van der Waals surface area contributed by atoms with Crippen LogP contribution in [0.3, 0.4) is 0 Å². The van der Waals surface area contributed by atoms with Crippen molar-refractivity contribution in [3.05, 3.63) is 29.3 Å². The fraction of sp³-hybridized carbons (Fsp3) is 0.588. The number of benzene rings is 1. The zero-order valence-corrected chi connectivity index (χ0v) is 14.2. The van der Waals surface area contributed by atoms with Crippen LogP contribution in [0.25, 0.3) is 0 Å². The van der Waals surface area contributed by atoms with Crippen LogP contribution in [0.2, 0.25) is 0 Å². The van der Waals surface area contributed by atoms with E-state index in [-0.39, 0.29) is 24.4 Å². The molecule has 1 amide bonds. The molecule has 22 heavy (non-hydrogen) atoms. The van der Waals surface area contributed by atoms with Gasteiger partial charge in [0.1, 0.15) is 0 Å². The first kappa shape index (κ1) is 17.1. The van der Waals surface area contributed by atoms with Gasteiger partial charge in [-0.2, -0.15) is 0 Å². The Labute approximate surface area is 139 Å². The Morgan fingerprint density at radius 1 is 1.27 bits per heavy atom. The molecule has 1 fully saturated rings. The van der Waals surface area contributed by atoms with Crippen molar-refractivity contribution in [1.29, 1.82) is 0 Å². The second-order valence-corrected chi connectivity index (χ2v) is 6.53. The number of hydrogen-bond acceptors (Lipinski definition) is 3. The van der Waals surface area contributed by atoms with Crippen molar-refractivity contribution in [3.63, 3.8) is 0 Å². The third-order valence-corrected chi connectivity index (χ3v) is 4.44. The van der Waals surface area contributed by atoms with Crippen LogP contribution in [0.1, 0.15) is 31.4 Å². The molecule has 1 aromatic rings. The molecular formula is C17H26ClN3O. The van der Waals surface area contributed by atoms with Crippen LogP contribution in [0, 0.1) is 5.92 Å². The van der Waals surface area contributed by atoms with E-state index in [1.165, 1.54) is 16.8 Å². The zero-order chi connectivity index (χ0) is 14.8. The predicted molar refractivity (Wildman–Crippen MR) is 92.5 cm³/mol. The lowest BCUT2D eigenvalue weighted by Crippen LogP contribution is -2.55. The van der Waals surface area contributed by atoms with Gasteiger partial charge < -0.3 is 10.6 Å². The van der Waals surface area contributed by atoms with Gasteiger partial charge in [-0.3, -0.25) is 9.69 Å². The molecule has 4 nitrogen and oxygen atoms in total. The van der Waals surface area contributed by atoms with Crippen molar-refractivity contribution < 1.29 is 4.79 Å². The number of rotatable bonds is 4. The number of carbonyl (C=O) groups is 1. The first-order chi connectivity index (χ1) is 10.1. The van der Waals surface area contributed by atoms with E-state index in [1.807, 2.05) is 0 Å². The van der Waals surface area contributed by atoms with Crippen molar-refractivity contribution in [2.75, 3.05) is 25.0 Å². The highest BCUT2D eigenvalue weighted by atomic mass is 35.5. The Balaban J connectivity index is 0.00000176. The summed E-state index contributed by atoms with van der Waals surface area (Å²) in [7, 11) is 0. The van der Waals surface area contributed by atoms with E-state index in [2.05, 4.69) is 47.6 Å². The number of hydrogen-bond donors (Lipinski definition) is 2. The second kappa shape index (κ2) is 7.34. The molecule has 1 aromatic carbocycles. The van der Waals surface area contributed by atoms with Crippen LogP contribution >= 0.6 is 12.4 Å². The van der Waals surface area contributed by atoms with Crippen molar-refractivity contribution in [2.45, 2.75) is 39.3 Å². The van der Waals surface area contributed by atoms with E-state index in [0.717, 1.165) is 39.0 Å². The van der Waals surface area contributed by atoms with Crippen LogP contribution in [0.15, 0.2) is 18.2 Å². The number of nitrogens with zero attached hydrogens (tertiary/aromatic N) is 1. The maximum absolute atomic E-state index is 12.2. The number of amides is 1. The molecule has 0 saturated carbocycles. The lowest BCUT2D eigenvalue weighted by molar-refractivity contribution is -0.130. The molecule has 2 heterocycles. The van der Waals surface area contributed by atoms with Crippen LogP contribution < -0.4 is 10.6 Å². The first-order valence-corrected chi connectivity index (χ1v) is 8.01. The van der Waals surface area contributed by atoms with Crippen LogP contribution in [-0.4, -0.2) is 36.5 Å². The summed E-state index contributed by atoms with van der Waals surface area (Å²) in [6.07, 6.45) is 2.04. The van der Waals surface area contributed by atoms with E-state index in [1.54, 1.807) is 0 Å². The smallest absolute Gasteiger partial charge is 0.237 e. The van der Waals surface area contributed by atoms with Crippen molar-refractivity contribution >= 4 is 24.0 Å². The SMILES string of the molecule is CC(C)CC1C(=O)NCCN1Cc1cccc2c1NCC2.Cl. The van der Waals surface area contributed by atoms with Crippen molar-refractivity contribution in [1.82, 2.24) is 10.2 Å². The average molecular weight is 324 g/mol. The standard InChI is InChI=1S/C17H25N3O.ClH/c1-12(2)10-15-17(21)19-8-9-20(15)11-14-5-3-4-13-6-7-18-16(13)14;/h3-5,12,15,18H,6-11H2,1-2H3,(H,19,21);1H. The first-order valence-electron chi connectivity index (χ1n) is 8.01. The summed E-state index contributed by atoms with van der Waals surface area (Å²) in [6, 6.07) is 6.54. The molecule has 2 aliphatic rings. The third kappa shape index (κ3) is 3.55. The van der Waals surface area contributed by atoms with E-state index >= 15 is 0 Å². The van der Waals surface area contributed by atoms with Gasteiger partial charge in [0.15, 0.2) is 0 Å². The summed E-state index contributed by atoms with van der Waals surface area (Å²) in [5.41, 5.74) is 4.04. The molecule has 1 saturated heterocycles. The highest BCUT2D eigenvalue weighted by molar-refractivity contribution is 5.85. The Morgan fingerprint density at radius 2 is 2.09 bits per heavy atom. The van der Waals surface area contributed by atoms with E-state index in [9.17, 15) is 4.79 Å². The number of fused-ring (bicyclic) bond motifs is 1. The molecule has 0 radical (unpaired) electrons. The van der Waals surface area contributed by atoms with Gasteiger partial charge in [-0.05, 0) is 29.9 Å². The van der Waals surface area contributed by atoms with Gasteiger partial charge in [0.05, 0.1) is 6.04 Å². The lowest BCUT2D eigenvalue weighted by atomic mass is 9.98. The van der Waals surface area contributed by atoms with Crippen LogP contribution in [0.5, 0.6) is 0 Å². The molecule has 2 aliphatic heterocycles. The van der Waals surface area contributed by atoms with Gasteiger partial charge in [0, 0.05) is 31.9 Å². The minimum Gasteiger partial charge on any atom is -0.384 e. The number of para-hydroxylation sites is 1.